The molecule has 0 saturated carbocycles. The molecule has 0 bridgehead atoms. The summed E-state index contributed by atoms with van der Waals surface area (Å²) in [4.78, 5) is 28.9. The van der Waals surface area contributed by atoms with E-state index in [1.54, 1.807) is 13.8 Å². The molecule has 1 saturated heterocycles. The van der Waals surface area contributed by atoms with Gasteiger partial charge in [0.15, 0.2) is 0 Å². The van der Waals surface area contributed by atoms with E-state index in [9.17, 15) is 14.0 Å². The van der Waals surface area contributed by atoms with Crippen LogP contribution in [0.15, 0.2) is 18.2 Å². The summed E-state index contributed by atoms with van der Waals surface area (Å²) in [7, 11) is 0. The van der Waals surface area contributed by atoms with Gasteiger partial charge in [0.2, 0.25) is 11.9 Å². The average molecular weight is 251 g/mol. The normalized spacial score (nSPS) is 18.4. The zero-order valence-corrected chi connectivity index (χ0v) is 10.2. The zero-order chi connectivity index (χ0) is 13.3. The first-order valence-electron chi connectivity index (χ1n) is 5.66. The Morgan fingerprint density at radius 1 is 1.50 bits per heavy atom. The highest BCUT2D eigenvalue weighted by Crippen LogP contribution is 2.20. The summed E-state index contributed by atoms with van der Waals surface area (Å²) in [5.41, 5.74) is -0.943. The van der Waals surface area contributed by atoms with Gasteiger partial charge in [-0.05, 0) is 26.0 Å². The lowest BCUT2D eigenvalue weighted by atomic mass is 9.98. The van der Waals surface area contributed by atoms with Crippen LogP contribution in [0, 0.1) is 5.95 Å². The number of carbonyl (C=O) groups is 2. The van der Waals surface area contributed by atoms with Crippen molar-refractivity contribution < 1.29 is 14.0 Å². The Balaban J connectivity index is 2.31. The SMILES string of the molecule is CC1(C)C(=O)NCCN1C(=O)c1cccc(F)n1. The third-order valence-corrected chi connectivity index (χ3v) is 3.03. The topological polar surface area (TPSA) is 62.3 Å². The highest BCUT2D eigenvalue weighted by Gasteiger charge is 2.41. The van der Waals surface area contributed by atoms with E-state index in [0.29, 0.717) is 13.1 Å². The molecule has 0 spiro atoms. The largest absolute Gasteiger partial charge is 0.352 e. The van der Waals surface area contributed by atoms with Gasteiger partial charge in [0, 0.05) is 13.1 Å². The summed E-state index contributed by atoms with van der Waals surface area (Å²) >= 11 is 0. The van der Waals surface area contributed by atoms with Crippen molar-refractivity contribution in [3.8, 4) is 0 Å². The molecule has 1 aliphatic heterocycles. The Kier molecular flexibility index (Phi) is 3.02. The van der Waals surface area contributed by atoms with E-state index in [0.717, 1.165) is 0 Å². The van der Waals surface area contributed by atoms with Crippen molar-refractivity contribution in [1.29, 1.82) is 0 Å². The number of amides is 2. The first-order valence-corrected chi connectivity index (χ1v) is 5.66. The maximum absolute atomic E-state index is 13.0. The van der Waals surface area contributed by atoms with Crippen molar-refractivity contribution in [3.63, 3.8) is 0 Å². The Bertz CT molecular complexity index is 502. The molecule has 0 aliphatic carbocycles. The molecule has 1 aromatic rings. The number of halogens is 1. The minimum absolute atomic E-state index is 0.0118. The van der Waals surface area contributed by atoms with E-state index < -0.39 is 17.4 Å². The molecule has 0 unspecified atom stereocenters. The van der Waals surface area contributed by atoms with E-state index in [1.165, 1.54) is 23.1 Å². The smallest absolute Gasteiger partial charge is 0.273 e. The van der Waals surface area contributed by atoms with E-state index in [4.69, 9.17) is 0 Å². The second-order valence-corrected chi connectivity index (χ2v) is 4.62. The van der Waals surface area contributed by atoms with Gasteiger partial charge in [-0.3, -0.25) is 9.59 Å². The van der Waals surface area contributed by atoms with Crippen molar-refractivity contribution >= 4 is 11.8 Å². The van der Waals surface area contributed by atoms with E-state index in [2.05, 4.69) is 10.3 Å². The average Bonchev–Trinajstić information content (AvgIpc) is 2.32. The van der Waals surface area contributed by atoms with Crippen LogP contribution >= 0.6 is 0 Å². The number of rotatable bonds is 1. The van der Waals surface area contributed by atoms with Crippen LogP contribution in [-0.2, 0) is 4.79 Å². The van der Waals surface area contributed by atoms with Gasteiger partial charge in [0.25, 0.3) is 5.91 Å². The number of carbonyl (C=O) groups excluding carboxylic acids is 2. The van der Waals surface area contributed by atoms with Gasteiger partial charge in [-0.2, -0.15) is 4.39 Å². The number of pyridine rings is 1. The van der Waals surface area contributed by atoms with Crippen molar-refractivity contribution in [2.75, 3.05) is 13.1 Å². The Morgan fingerprint density at radius 2 is 2.22 bits per heavy atom. The number of hydrogen-bond acceptors (Lipinski definition) is 3. The maximum atomic E-state index is 13.0. The fraction of sp³-hybridized carbons (Fsp3) is 0.417. The highest BCUT2D eigenvalue weighted by molar-refractivity contribution is 5.98. The molecule has 2 rings (SSSR count). The van der Waals surface area contributed by atoms with Gasteiger partial charge in [-0.1, -0.05) is 6.07 Å². The second-order valence-electron chi connectivity index (χ2n) is 4.62. The summed E-state index contributed by atoms with van der Waals surface area (Å²) in [6, 6.07) is 4.03. The lowest BCUT2D eigenvalue weighted by molar-refractivity contribution is -0.133. The third-order valence-electron chi connectivity index (χ3n) is 3.03. The van der Waals surface area contributed by atoms with Crippen LogP contribution in [0.2, 0.25) is 0 Å². The maximum Gasteiger partial charge on any atom is 0.273 e. The summed E-state index contributed by atoms with van der Waals surface area (Å²) in [5, 5.41) is 2.69. The molecule has 1 aromatic heterocycles. The Labute approximate surface area is 104 Å². The monoisotopic (exact) mass is 251 g/mol. The van der Waals surface area contributed by atoms with Crippen LogP contribution in [0.3, 0.4) is 0 Å². The van der Waals surface area contributed by atoms with Crippen LogP contribution in [0.1, 0.15) is 24.3 Å². The van der Waals surface area contributed by atoms with Gasteiger partial charge >= 0.3 is 0 Å². The molecular formula is C12H14FN3O2. The highest BCUT2D eigenvalue weighted by atomic mass is 19.1. The molecule has 6 heteroatoms. The van der Waals surface area contributed by atoms with Gasteiger partial charge in [0.1, 0.15) is 11.2 Å². The molecule has 96 valence electrons. The van der Waals surface area contributed by atoms with Gasteiger partial charge < -0.3 is 10.2 Å². The molecule has 5 nitrogen and oxygen atoms in total. The van der Waals surface area contributed by atoms with E-state index in [1.807, 2.05) is 0 Å². The van der Waals surface area contributed by atoms with Crippen molar-refractivity contribution in [3.05, 3.63) is 29.8 Å². The first-order chi connectivity index (χ1) is 8.43. The van der Waals surface area contributed by atoms with E-state index in [-0.39, 0.29) is 11.6 Å². The van der Waals surface area contributed by atoms with Crippen LogP contribution in [0.5, 0.6) is 0 Å². The molecule has 1 aliphatic rings. The third kappa shape index (κ3) is 2.05. The van der Waals surface area contributed by atoms with Gasteiger partial charge in [0.05, 0.1) is 0 Å². The van der Waals surface area contributed by atoms with E-state index >= 15 is 0 Å². The number of nitrogens with zero attached hydrogens (tertiary/aromatic N) is 2. The summed E-state index contributed by atoms with van der Waals surface area (Å²) in [5.74, 6) is -1.37. The molecule has 0 radical (unpaired) electrons. The fourth-order valence-corrected chi connectivity index (χ4v) is 1.92. The lowest BCUT2D eigenvalue weighted by Crippen LogP contribution is -2.63. The number of piperazine rings is 1. The van der Waals surface area contributed by atoms with Crippen molar-refractivity contribution in [2.24, 2.45) is 0 Å². The molecule has 1 fully saturated rings. The fourth-order valence-electron chi connectivity index (χ4n) is 1.92. The predicted molar refractivity (Wildman–Crippen MR) is 62.3 cm³/mol. The standard InChI is InChI=1S/C12H14FN3O2/c1-12(2)11(18)14-6-7-16(12)10(17)8-4-3-5-9(13)15-8/h3-5H,6-7H2,1-2H3,(H,14,18). The van der Waals surface area contributed by atoms with Crippen LogP contribution in [-0.4, -0.2) is 40.3 Å². The molecule has 1 N–H and O–H groups in total. The van der Waals surface area contributed by atoms with Gasteiger partial charge in [-0.25, -0.2) is 4.98 Å². The quantitative estimate of drug-likeness (QED) is 0.742. The first kappa shape index (κ1) is 12.5. The number of hydrogen-bond donors (Lipinski definition) is 1. The van der Waals surface area contributed by atoms with Crippen molar-refractivity contribution in [2.45, 2.75) is 19.4 Å². The number of nitrogens with one attached hydrogen (secondary N) is 1. The van der Waals surface area contributed by atoms with Crippen LogP contribution in [0.4, 0.5) is 4.39 Å². The Hall–Kier alpha value is -1.98. The zero-order valence-electron chi connectivity index (χ0n) is 10.2. The molecule has 0 aromatic carbocycles. The molecule has 2 amide bonds. The lowest BCUT2D eigenvalue weighted by Gasteiger charge is -2.40. The minimum Gasteiger partial charge on any atom is -0.352 e. The van der Waals surface area contributed by atoms with Crippen molar-refractivity contribution in [1.82, 2.24) is 15.2 Å². The summed E-state index contributed by atoms with van der Waals surface area (Å²) < 4.78 is 13.0. The second kappa shape index (κ2) is 4.36. The number of aromatic nitrogens is 1. The molecule has 2 heterocycles. The van der Waals surface area contributed by atoms with Crippen LogP contribution in [0.25, 0.3) is 0 Å². The minimum atomic E-state index is -0.955. The van der Waals surface area contributed by atoms with Crippen LogP contribution < -0.4 is 5.32 Å². The predicted octanol–water partition coefficient (Wildman–Crippen LogP) is 0.571. The molecular weight excluding hydrogens is 237 g/mol. The van der Waals surface area contributed by atoms with Gasteiger partial charge in [-0.15, -0.1) is 0 Å². The Morgan fingerprint density at radius 3 is 2.89 bits per heavy atom. The summed E-state index contributed by atoms with van der Waals surface area (Å²) in [6.45, 7) is 4.08. The summed E-state index contributed by atoms with van der Waals surface area (Å²) in [6.07, 6.45) is 0. The molecule has 18 heavy (non-hydrogen) atoms. The molecule has 0 atom stereocenters.